The van der Waals surface area contributed by atoms with E-state index in [0.717, 1.165) is 18.5 Å². The third-order valence-corrected chi connectivity index (χ3v) is 1.80. The minimum absolute atomic E-state index is 0.778. The smallest absolute Gasteiger partial charge is 0.0281 e. The summed E-state index contributed by atoms with van der Waals surface area (Å²) in [6.07, 6.45) is 0. The highest BCUT2D eigenvalue weighted by atomic mass is 15.1. The summed E-state index contributed by atoms with van der Waals surface area (Å²) in [5, 5.41) is 6.51. The van der Waals surface area contributed by atoms with Gasteiger partial charge in [-0.3, -0.25) is 0 Å². The fourth-order valence-corrected chi connectivity index (χ4v) is 1.17. The van der Waals surface area contributed by atoms with E-state index in [1.165, 1.54) is 6.54 Å². The Morgan fingerprint density at radius 1 is 1.43 bits per heavy atom. The molecular weight excluding hydrogens is 88.1 g/mol. The van der Waals surface area contributed by atoms with Crippen LogP contribution < -0.4 is 10.6 Å². The van der Waals surface area contributed by atoms with Gasteiger partial charge in [0.25, 0.3) is 0 Å². The van der Waals surface area contributed by atoms with Gasteiger partial charge in [0.2, 0.25) is 0 Å². The molecule has 1 radical (unpaired) electrons. The van der Waals surface area contributed by atoms with Gasteiger partial charge in [0, 0.05) is 31.6 Å². The van der Waals surface area contributed by atoms with Crippen LogP contribution in [0.25, 0.3) is 0 Å². The first-order chi connectivity index (χ1) is 3.47. The van der Waals surface area contributed by atoms with Crippen LogP contribution in [-0.4, -0.2) is 19.1 Å². The van der Waals surface area contributed by atoms with Crippen molar-refractivity contribution in [2.75, 3.05) is 13.1 Å². The summed E-state index contributed by atoms with van der Waals surface area (Å²) < 4.78 is 0. The molecule has 2 N–H and O–H groups in total. The molecule has 0 aliphatic carbocycles. The molecule has 0 spiro atoms. The Labute approximate surface area is 43.3 Å². The maximum absolute atomic E-state index is 3.31. The van der Waals surface area contributed by atoms with Gasteiger partial charge in [-0.15, -0.1) is 0 Å². The second-order valence-electron chi connectivity index (χ2n) is 2.25. The lowest BCUT2D eigenvalue weighted by Gasteiger charge is -2.30. The Morgan fingerprint density at radius 2 is 2.43 bits per heavy atom. The van der Waals surface area contributed by atoms with Crippen LogP contribution in [0.5, 0.6) is 0 Å². The average molecular weight is 97.1 g/mol. The van der Waals surface area contributed by atoms with Crippen molar-refractivity contribution in [2.24, 2.45) is 5.92 Å². The Kier molecular flexibility index (Phi) is 0.664. The molecule has 0 bridgehead atoms. The largest absolute Gasteiger partial charge is 0.312 e. The molecule has 2 nitrogen and oxygen atoms in total. The van der Waals surface area contributed by atoms with E-state index in [9.17, 15) is 0 Å². The molecule has 0 saturated carbocycles. The summed E-state index contributed by atoms with van der Waals surface area (Å²) in [4.78, 5) is 0. The second-order valence-corrected chi connectivity index (χ2v) is 2.25. The Bertz CT molecular complexity index is 72.1. The zero-order valence-corrected chi connectivity index (χ0v) is 4.15. The van der Waals surface area contributed by atoms with Gasteiger partial charge in [-0.05, 0) is 0 Å². The molecule has 2 atom stereocenters. The van der Waals surface area contributed by atoms with Crippen molar-refractivity contribution < 1.29 is 0 Å². The lowest BCUT2D eigenvalue weighted by molar-refractivity contribution is 0.315. The highest BCUT2D eigenvalue weighted by Gasteiger charge is 2.34. The molecule has 2 aliphatic rings. The molecule has 2 saturated heterocycles. The zero-order chi connectivity index (χ0) is 4.69. The monoisotopic (exact) mass is 97.1 g/mol. The fraction of sp³-hybridized carbons (Fsp3) is 0.800. The van der Waals surface area contributed by atoms with Gasteiger partial charge >= 0.3 is 0 Å². The summed E-state index contributed by atoms with van der Waals surface area (Å²) in [6.45, 7) is 4.53. The van der Waals surface area contributed by atoms with Gasteiger partial charge in [-0.25, -0.2) is 0 Å². The van der Waals surface area contributed by atoms with E-state index in [0.29, 0.717) is 0 Å². The standard InChI is InChI=1S/C5H9N2/c1-4-2-7-5(4)3-6-1/h1,4-7H,2-3H2/t4-,5+/m1/s1. The molecule has 0 aromatic carbocycles. The molecule has 0 aromatic rings. The number of nitrogens with one attached hydrogen (secondary N) is 2. The minimum atomic E-state index is 0.778. The first kappa shape index (κ1) is 3.87. The molecule has 2 heteroatoms. The molecule has 39 valence electrons. The van der Waals surface area contributed by atoms with Crippen LogP contribution in [0, 0.1) is 12.5 Å². The van der Waals surface area contributed by atoms with Crippen LogP contribution in [0.4, 0.5) is 0 Å². The number of hydrogen-bond donors (Lipinski definition) is 2. The molecule has 7 heavy (non-hydrogen) atoms. The van der Waals surface area contributed by atoms with Crippen molar-refractivity contribution in [1.29, 1.82) is 0 Å². The Hall–Kier alpha value is -0.0800. The van der Waals surface area contributed by atoms with Gasteiger partial charge in [0.1, 0.15) is 0 Å². The minimum Gasteiger partial charge on any atom is -0.312 e. The highest BCUT2D eigenvalue weighted by Crippen LogP contribution is 2.18. The lowest BCUT2D eigenvalue weighted by atomic mass is 9.96. The van der Waals surface area contributed by atoms with E-state index in [2.05, 4.69) is 17.2 Å². The van der Waals surface area contributed by atoms with Gasteiger partial charge < -0.3 is 10.6 Å². The maximum Gasteiger partial charge on any atom is 0.0281 e. The SMILES string of the molecule is [CH]1NC[C@@H]2NC[C@@H]12. The maximum atomic E-state index is 3.31. The van der Waals surface area contributed by atoms with E-state index in [4.69, 9.17) is 0 Å². The van der Waals surface area contributed by atoms with E-state index < -0.39 is 0 Å². The second kappa shape index (κ2) is 1.20. The first-order valence-electron chi connectivity index (χ1n) is 2.77. The van der Waals surface area contributed by atoms with Crippen LogP contribution in [0.1, 0.15) is 0 Å². The lowest BCUT2D eigenvalue weighted by Crippen LogP contribution is -2.51. The zero-order valence-electron chi connectivity index (χ0n) is 4.15. The summed E-state index contributed by atoms with van der Waals surface area (Å²) in [6, 6.07) is 0.778. The van der Waals surface area contributed by atoms with Crippen LogP contribution in [0.2, 0.25) is 0 Å². The van der Waals surface area contributed by atoms with Gasteiger partial charge in [-0.2, -0.15) is 0 Å². The predicted octanol–water partition coefficient (Wildman–Crippen LogP) is -0.661. The van der Waals surface area contributed by atoms with Crippen molar-refractivity contribution in [3.05, 3.63) is 6.54 Å². The van der Waals surface area contributed by atoms with Gasteiger partial charge in [0.05, 0.1) is 0 Å². The Balaban J connectivity index is 2.03. The molecule has 2 rings (SSSR count). The molecule has 0 aromatic heterocycles. The molecular formula is C5H9N2. The molecule has 0 unspecified atom stereocenters. The third kappa shape index (κ3) is 0.409. The van der Waals surface area contributed by atoms with Crippen molar-refractivity contribution in [3.8, 4) is 0 Å². The highest BCUT2D eigenvalue weighted by molar-refractivity contribution is 5.02. The molecule has 2 fully saturated rings. The van der Waals surface area contributed by atoms with Crippen LogP contribution in [-0.2, 0) is 0 Å². The van der Waals surface area contributed by atoms with E-state index in [1.807, 2.05) is 0 Å². The number of rotatable bonds is 0. The quantitative estimate of drug-likeness (QED) is 0.419. The van der Waals surface area contributed by atoms with Crippen molar-refractivity contribution in [3.63, 3.8) is 0 Å². The van der Waals surface area contributed by atoms with Crippen LogP contribution in [0.15, 0.2) is 0 Å². The number of hydrogen-bond acceptors (Lipinski definition) is 2. The van der Waals surface area contributed by atoms with E-state index in [-0.39, 0.29) is 0 Å². The Morgan fingerprint density at radius 3 is 2.71 bits per heavy atom. The summed E-state index contributed by atoms with van der Waals surface area (Å²) in [7, 11) is 0. The van der Waals surface area contributed by atoms with Gasteiger partial charge in [-0.1, -0.05) is 0 Å². The van der Waals surface area contributed by atoms with E-state index >= 15 is 0 Å². The average Bonchev–Trinajstić information content (AvgIpc) is 1.85. The third-order valence-electron chi connectivity index (χ3n) is 1.80. The van der Waals surface area contributed by atoms with Crippen molar-refractivity contribution >= 4 is 0 Å². The first-order valence-corrected chi connectivity index (χ1v) is 2.77. The predicted molar refractivity (Wildman–Crippen MR) is 27.6 cm³/mol. The topological polar surface area (TPSA) is 24.1 Å². The normalized spacial score (nSPS) is 48.0. The van der Waals surface area contributed by atoms with Crippen LogP contribution in [0.3, 0.4) is 0 Å². The summed E-state index contributed by atoms with van der Waals surface area (Å²) in [5.74, 6) is 0.847. The summed E-state index contributed by atoms with van der Waals surface area (Å²) >= 11 is 0. The van der Waals surface area contributed by atoms with Gasteiger partial charge in [0.15, 0.2) is 0 Å². The molecule has 0 amide bonds. The van der Waals surface area contributed by atoms with Crippen molar-refractivity contribution in [1.82, 2.24) is 10.6 Å². The van der Waals surface area contributed by atoms with E-state index in [1.54, 1.807) is 0 Å². The fourth-order valence-electron chi connectivity index (χ4n) is 1.17. The van der Waals surface area contributed by atoms with Crippen LogP contribution >= 0.6 is 0 Å². The summed E-state index contributed by atoms with van der Waals surface area (Å²) in [5.41, 5.74) is 0. The molecule has 2 heterocycles. The number of fused-ring (bicyclic) bond motifs is 1. The molecule has 2 aliphatic heterocycles. The van der Waals surface area contributed by atoms with Crippen molar-refractivity contribution in [2.45, 2.75) is 6.04 Å².